The summed E-state index contributed by atoms with van der Waals surface area (Å²) in [6.45, 7) is 8.54. The molecular weight excluding hydrogens is 604 g/mol. The highest BCUT2D eigenvalue weighted by Crippen LogP contribution is 2.33. The Hall–Kier alpha value is -5.49. The largest absolute Gasteiger partial charge is 0.444 e. The number of amides is 4. The molecule has 1 aromatic heterocycles. The number of hydrogen-bond donors (Lipinski definition) is 0. The zero-order valence-corrected chi connectivity index (χ0v) is 27.7. The summed E-state index contributed by atoms with van der Waals surface area (Å²) in [5.41, 5.74) is 2.24. The lowest BCUT2D eigenvalue weighted by molar-refractivity contribution is 0.0195. The van der Waals surface area contributed by atoms with Crippen LogP contribution in [-0.2, 0) is 4.74 Å². The molecule has 9 heteroatoms. The highest BCUT2D eigenvalue weighted by Gasteiger charge is 2.36. The molecule has 0 N–H and O–H groups in total. The first-order valence-corrected chi connectivity index (χ1v) is 16.2. The fourth-order valence-electron chi connectivity index (χ4n) is 6.31. The first-order chi connectivity index (χ1) is 23.0. The molecule has 0 saturated carbocycles. The average molecular weight is 643 g/mol. The minimum Gasteiger partial charge on any atom is -0.444 e. The lowest BCUT2D eigenvalue weighted by Gasteiger charge is -2.39. The number of ether oxygens (including phenoxy) is 1. The highest BCUT2D eigenvalue weighted by atomic mass is 16.6. The molecule has 9 nitrogen and oxygen atoms in total. The Morgan fingerprint density at radius 3 is 2.44 bits per heavy atom. The molecule has 6 rings (SSSR count). The van der Waals surface area contributed by atoms with Gasteiger partial charge in [-0.25, -0.2) is 9.78 Å². The van der Waals surface area contributed by atoms with E-state index in [9.17, 15) is 19.2 Å². The summed E-state index contributed by atoms with van der Waals surface area (Å²) < 4.78 is 5.68. The van der Waals surface area contributed by atoms with Crippen LogP contribution in [0.1, 0.15) is 82.2 Å². The molecule has 2 aliphatic heterocycles. The third kappa shape index (κ3) is 6.65. The van der Waals surface area contributed by atoms with Crippen molar-refractivity contribution >= 4 is 40.4 Å². The number of rotatable bonds is 5. The van der Waals surface area contributed by atoms with Crippen molar-refractivity contribution in [3.63, 3.8) is 0 Å². The van der Waals surface area contributed by atoms with Crippen LogP contribution in [0.2, 0.25) is 0 Å². The van der Waals surface area contributed by atoms with E-state index in [4.69, 9.17) is 9.72 Å². The predicted molar refractivity (Wildman–Crippen MR) is 184 cm³/mol. The number of imide groups is 1. The van der Waals surface area contributed by atoms with Crippen LogP contribution in [0.15, 0.2) is 79.0 Å². The zero-order chi connectivity index (χ0) is 34.0. The zero-order valence-electron chi connectivity index (χ0n) is 27.7. The second kappa shape index (κ2) is 13.3. The summed E-state index contributed by atoms with van der Waals surface area (Å²) in [5, 5.41) is 1.85. The second-order valence-electron chi connectivity index (χ2n) is 13.1. The maximum Gasteiger partial charge on any atom is 0.410 e. The number of aryl methyl sites for hydroxylation is 1. The number of hydrogen-bond acceptors (Lipinski definition) is 6. The average Bonchev–Trinajstić information content (AvgIpc) is 3.31. The van der Waals surface area contributed by atoms with Crippen LogP contribution in [0.5, 0.6) is 0 Å². The quantitative estimate of drug-likeness (QED) is 0.179. The van der Waals surface area contributed by atoms with Gasteiger partial charge in [0.25, 0.3) is 17.7 Å². The van der Waals surface area contributed by atoms with E-state index in [0.29, 0.717) is 54.0 Å². The van der Waals surface area contributed by atoms with Crippen molar-refractivity contribution in [1.29, 1.82) is 0 Å². The molecular formula is C39H38N4O5. The SMILES string of the molecule is Cc1cccc2ccnc(N(C(=O)c3cccc(C#CCCN4C(=O)c5ccccc5C4=O)c3)[C@@H]3CCCN(C(=O)OC(C)(C)C)C3)c12. The van der Waals surface area contributed by atoms with Gasteiger partial charge >= 0.3 is 6.09 Å². The molecule has 1 atom stereocenters. The molecule has 3 aromatic carbocycles. The van der Waals surface area contributed by atoms with Gasteiger partial charge in [-0.05, 0) is 87.9 Å². The number of carbonyl (C=O) groups is 4. The normalized spacial score (nSPS) is 16.0. The van der Waals surface area contributed by atoms with Gasteiger partial charge in [0.1, 0.15) is 11.4 Å². The Balaban J connectivity index is 1.27. The molecule has 0 radical (unpaired) electrons. The molecule has 0 unspecified atom stereocenters. The third-order valence-electron chi connectivity index (χ3n) is 8.52. The number of anilines is 1. The Morgan fingerprint density at radius 2 is 1.71 bits per heavy atom. The molecule has 1 fully saturated rings. The van der Waals surface area contributed by atoms with E-state index >= 15 is 0 Å². The van der Waals surface area contributed by atoms with Crippen LogP contribution in [-0.4, -0.2) is 69.9 Å². The van der Waals surface area contributed by atoms with Gasteiger partial charge in [0.2, 0.25) is 0 Å². The molecule has 244 valence electrons. The van der Waals surface area contributed by atoms with Crippen LogP contribution < -0.4 is 4.90 Å². The number of aromatic nitrogens is 1. The Bertz CT molecular complexity index is 1950. The lowest BCUT2D eigenvalue weighted by atomic mass is 10.00. The van der Waals surface area contributed by atoms with Gasteiger partial charge in [-0.2, -0.15) is 0 Å². The Labute approximate surface area is 280 Å². The Morgan fingerprint density at radius 1 is 0.979 bits per heavy atom. The van der Waals surface area contributed by atoms with Gasteiger partial charge in [-0.3, -0.25) is 24.2 Å². The molecule has 1 saturated heterocycles. The summed E-state index contributed by atoms with van der Waals surface area (Å²) in [6.07, 6.45) is 2.99. The third-order valence-corrected chi connectivity index (χ3v) is 8.52. The number of pyridine rings is 1. The van der Waals surface area contributed by atoms with E-state index in [-0.39, 0.29) is 36.7 Å². The molecule has 2 aliphatic rings. The van der Waals surface area contributed by atoms with Gasteiger partial charge in [0, 0.05) is 48.8 Å². The summed E-state index contributed by atoms with van der Waals surface area (Å²) >= 11 is 0. The van der Waals surface area contributed by atoms with Crippen molar-refractivity contribution in [1.82, 2.24) is 14.8 Å². The summed E-state index contributed by atoms with van der Waals surface area (Å²) in [6, 6.07) is 21.5. The molecule has 0 aliphatic carbocycles. The van der Waals surface area contributed by atoms with Crippen molar-refractivity contribution < 1.29 is 23.9 Å². The van der Waals surface area contributed by atoms with Gasteiger partial charge < -0.3 is 9.64 Å². The lowest BCUT2D eigenvalue weighted by Crippen LogP contribution is -2.53. The first kappa shape index (κ1) is 32.5. The van der Waals surface area contributed by atoms with E-state index < -0.39 is 11.7 Å². The van der Waals surface area contributed by atoms with Crippen LogP contribution in [0.25, 0.3) is 10.8 Å². The smallest absolute Gasteiger partial charge is 0.410 e. The monoisotopic (exact) mass is 642 g/mol. The van der Waals surface area contributed by atoms with E-state index in [0.717, 1.165) is 16.3 Å². The highest BCUT2D eigenvalue weighted by molar-refractivity contribution is 6.21. The van der Waals surface area contributed by atoms with Crippen molar-refractivity contribution in [2.45, 2.75) is 58.6 Å². The Kier molecular flexibility index (Phi) is 9.01. The van der Waals surface area contributed by atoms with E-state index in [2.05, 4.69) is 11.8 Å². The minimum atomic E-state index is -0.639. The number of benzene rings is 3. The number of carbonyl (C=O) groups excluding carboxylic acids is 4. The van der Waals surface area contributed by atoms with Gasteiger partial charge in [0.05, 0.1) is 17.2 Å². The fourth-order valence-corrected chi connectivity index (χ4v) is 6.31. The summed E-state index contributed by atoms with van der Waals surface area (Å²) in [4.78, 5) is 62.5. The standard InChI is InChI=1S/C39H38N4O5/c1-26-12-9-15-28-20-21-40-34(33(26)28)43(30-17-11-22-41(25-30)38(47)48-39(2,3)4)35(44)29-16-10-14-27(24-29)13-7-8-23-42-36(45)31-18-5-6-19-32(31)37(42)46/h5-6,9-10,12,14-16,18-21,24,30H,8,11,17,22-23,25H2,1-4H3/t30-/m1/s1. The predicted octanol–water partition coefficient (Wildman–Crippen LogP) is 6.63. The first-order valence-electron chi connectivity index (χ1n) is 16.2. The second-order valence-corrected chi connectivity index (χ2v) is 13.1. The summed E-state index contributed by atoms with van der Waals surface area (Å²) in [5.74, 6) is 5.84. The van der Waals surface area contributed by atoms with Gasteiger partial charge in [-0.15, -0.1) is 0 Å². The van der Waals surface area contributed by atoms with Crippen molar-refractivity contribution in [3.05, 3.63) is 107 Å². The van der Waals surface area contributed by atoms with Crippen molar-refractivity contribution in [2.75, 3.05) is 24.5 Å². The maximum atomic E-state index is 14.6. The van der Waals surface area contributed by atoms with Crippen molar-refractivity contribution in [2.24, 2.45) is 0 Å². The van der Waals surface area contributed by atoms with Crippen LogP contribution >= 0.6 is 0 Å². The maximum absolute atomic E-state index is 14.6. The number of likely N-dealkylation sites (tertiary alicyclic amines) is 1. The molecule has 0 spiro atoms. The minimum absolute atomic E-state index is 0.174. The van der Waals surface area contributed by atoms with Crippen LogP contribution in [0.4, 0.5) is 10.6 Å². The number of fused-ring (bicyclic) bond motifs is 2. The van der Waals surface area contributed by atoms with E-state index in [1.807, 2.05) is 58.0 Å². The molecule has 4 aromatic rings. The number of piperidine rings is 1. The van der Waals surface area contributed by atoms with Crippen LogP contribution in [0, 0.1) is 18.8 Å². The molecule has 48 heavy (non-hydrogen) atoms. The summed E-state index contributed by atoms with van der Waals surface area (Å²) in [7, 11) is 0. The topological polar surface area (TPSA) is 100 Å². The molecule has 4 amide bonds. The van der Waals surface area contributed by atoms with E-state index in [1.165, 1.54) is 4.90 Å². The van der Waals surface area contributed by atoms with Gasteiger partial charge in [-0.1, -0.05) is 48.2 Å². The molecule has 0 bridgehead atoms. The fraction of sp³-hybridized carbons (Fsp3) is 0.308. The van der Waals surface area contributed by atoms with Crippen LogP contribution in [0.3, 0.4) is 0 Å². The van der Waals surface area contributed by atoms with E-state index in [1.54, 1.807) is 58.5 Å². The number of nitrogens with zero attached hydrogens (tertiary/aromatic N) is 4. The van der Waals surface area contributed by atoms with Crippen molar-refractivity contribution in [3.8, 4) is 11.8 Å². The molecule has 3 heterocycles. The van der Waals surface area contributed by atoms with Gasteiger partial charge in [0.15, 0.2) is 0 Å².